The number of rotatable bonds is 1. The van der Waals surface area contributed by atoms with Gasteiger partial charge in [-0.2, -0.15) is 0 Å². The number of nitrogens with zero attached hydrogens (tertiary/aromatic N) is 2. The molecule has 15 heavy (non-hydrogen) atoms. The molecule has 2 rings (SSSR count). The van der Waals surface area contributed by atoms with Gasteiger partial charge in [-0.05, 0) is 12.1 Å². The van der Waals surface area contributed by atoms with E-state index < -0.39 is 12.2 Å². The number of aliphatic hydroxyl groups is 2. The van der Waals surface area contributed by atoms with Gasteiger partial charge in [-0.3, -0.25) is 9.78 Å². The lowest BCUT2D eigenvalue weighted by Gasteiger charge is -2.14. The zero-order valence-corrected chi connectivity index (χ0v) is 8.08. The Kier molecular flexibility index (Phi) is 2.66. The number of carbonyl (C=O) groups is 1. The van der Waals surface area contributed by atoms with Crippen molar-refractivity contribution < 1.29 is 15.0 Å². The molecule has 0 radical (unpaired) electrons. The van der Waals surface area contributed by atoms with Crippen molar-refractivity contribution in [1.82, 2.24) is 9.88 Å². The van der Waals surface area contributed by atoms with Gasteiger partial charge >= 0.3 is 0 Å². The van der Waals surface area contributed by atoms with Gasteiger partial charge in [0.1, 0.15) is 0 Å². The minimum Gasteiger partial charge on any atom is -0.388 e. The fraction of sp³-hybridized carbons (Fsp3) is 0.400. The average Bonchev–Trinajstić information content (AvgIpc) is 2.59. The topological polar surface area (TPSA) is 73.7 Å². The molecule has 1 fully saturated rings. The van der Waals surface area contributed by atoms with Crippen LogP contribution in [-0.2, 0) is 0 Å². The third kappa shape index (κ3) is 1.98. The van der Waals surface area contributed by atoms with Crippen LogP contribution in [0.3, 0.4) is 0 Å². The first kappa shape index (κ1) is 10.1. The van der Waals surface area contributed by atoms with Crippen molar-refractivity contribution in [2.45, 2.75) is 12.2 Å². The fourth-order valence-electron chi connectivity index (χ4n) is 1.61. The van der Waals surface area contributed by atoms with Crippen LogP contribution >= 0.6 is 0 Å². The molecule has 1 amide bonds. The molecule has 1 aliphatic rings. The molecule has 0 saturated carbocycles. The summed E-state index contributed by atoms with van der Waals surface area (Å²) < 4.78 is 0. The highest BCUT2D eigenvalue weighted by atomic mass is 16.3. The summed E-state index contributed by atoms with van der Waals surface area (Å²) in [7, 11) is 0. The van der Waals surface area contributed by atoms with Gasteiger partial charge in [-0.1, -0.05) is 0 Å². The maximum Gasteiger partial charge on any atom is 0.255 e. The summed E-state index contributed by atoms with van der Waals surface area (Å²) in [5.74, 6) is -0.210. The number of hydrogen-bond acceptors (Lipinski definition) is 4. The Morgan fingerprint density at radius 3 is 2.60 bits per heavy atom. The summed E-state index contributed by atoms with van der Waals surface area (Å²) in [6, 6.07) is 3.34. The third-order valence-electron chi connectivity index (χ3n) is 2.45. The number of aromatic nitrogens is 1. The van der Waals surface area contributed by atoms with E-state index in [0.717, 1.165) is 0 Å². The van der Waals surface area contributed by atoms with E-state index in [1.807, 2.05) is 0 Å². The summed E-state index contributed by atoms with van der Waals surface area (Å²) in [5.41, 5.74) is 0.471. The highest BCUT2D eigenvalue weighted by Crippen LogP contribution is 2.13. The van der Waals surface area contributed by atoms with Crippen molar-refractivity contribution in [3.05, 3.63) is 30.1 Å². The molecule has 2 N–H and O–H groups in total. The summed E-state index contributed by atoms with van der Waals surface area (Å²) >= 11 is 0. The second-order valence-electron chi connectivity index (χ2n) is 3.59. The van der Waals surface area contributed by atoms with E-state index in [4.69, 9.17) is 0 Å². The number of likely N-dealkylation sites (tertiary alicyclic amines) is 1. The zero-order chi connectivity index (χ0) is 10.8. The Morgan fingerprint density at radius 1 is 1.40 bits per heavy atom. The lowest BCUT2D eigenvalue weighted by molar-refractivity contribution is 0.0572. The molecule has 0 aromatic carbocycles. The Hall–Kier alpha value is -1.46. The summed E-state index contributed by atoms with van der Waals surface area (Å²) in [5, 5.41) is 18.6. The summed E-state index contributed by atoms with van der Waals surface area (Å²) in [6.07, 6.45) is 1.38. The van der Waals surface area contributed by atoms with Gasteiger partial charge in [0.2, 0.25) is 0 Å². The first-order chi connectivity index (χ1) is 7.18. The van der Waals surface area contributed by atoms with Crippen molar-refractivity contribution in [3.63, 3.8) is 0 Å². The van der Waals surface area contributed by atoms with E-state index in [2.05, 4.69) is 4.98 Å². The second kappa shape index (κ2) is 3.96. The Bertz CT molecular complexity index is 345. The molecule has 1 aromatic rings. The van der Waals surface area contributed by atoms with Crippen molar-refractivity contribution in [2.75, 3.05) is 13.1 Å². The number of amides is 1. The Balaban J connectivity index is 2.10. The number of pyridine rings is 1. The predicted molar refractivity (Wildman–Crippen MR) is 52.2 cm³/mol. The van der Waals surface area contributed by atoms with Crippen molar-refractivity contribution in [1.29, 1.82) is 0 Å². The van der Waals surface area contributed by atoms with Crippen LogP contribution in [0.4, 0.5) is 0 Å². The first-order valence-electron chi connectivity index (χ1n) is 4.74. The second-order valence-corrected chi connectivity index (χ2v) is 3.59. The Morgan fingerprint density at radius 2 is 2.07 bits per heavy atom. The maximum absolute atomic E-state index is 11.8. The maximum atomic E-state index is 11.8. The van der Waals surface area contributed by atoms with E-state index >= 15 is 0 Å². The lowest BCUT2D eigenvalue weighted by atomic mass is 10.2. The fourth-order valence-corrected chi connectivity index (χ4v) is 1.61. The molecular formula is C10H12N2O3. The highest BCUT2D eigenvalue weighted by Gasteiger charge is 2.32. The quantitative estimate of drug-likeness (QED) is 0.637. The minimum absolute atomic E-state index is 0.175. The van der Waals surface area contributed by atoms with Crippen molar-refractivity contribution >= 4 is 5.91 Å². The standard InChI is InChI=1S/C10H12N2O3/c13-8-5-12(6-9(8)14)10(15)7-2-1-3-11-4-7/h1-4,8-9,13-14H,5-6H2/t8-,9+. The number of hydrogen-bond donors (Lipinski definition) is 2. The van der Waals surface area contributed by atoms with E-state index in [-0.39, 0.29) is 19.0 Å². The molecule has 80 valence electrons. The minimum atomic E-state index is -0.842. The van der Waals surface area contributed by atoms with Crippen LogP contribution in [-0.4, -0.2) is 51.3 Å². The predicted octanol–water partition coefficient (Wildman–Crippen LogP) is -0.741. The van der Waals surface area contributed by atoms with E-state index in [1.54, 1.807) is 18.3 Å². The molecule has 5 nitrogen and oxygen atoms in total. The summed E-state index contributed by atoms with van der Waals surface area (Å²) in [6.45, 7) is 0.351. The molecule has 1 saturated heterocycles. The van der Waals surface area contributed by atoms with Crippen LogP contribution in [0.1, 0.15) is 10.4 Å². The van der Waals surface area contributed by atoms with Crippen molar-refractivity contribution in [3.8, 4) is 0 Å². The van der Waals surface area contributed by atoms with Gasteiger partial charge in [0, 0.05) is 25.5 Å². The largest absolute Gasteiger partial charge is 0.388 e. The molecule has 2 heterocycles. The molecule has 1 aliphatic heterocycles. The molecule has 0 bridgehead atoms. The smallest absolute Gasteiger partial charge is 0.255 e. The van der Waals surface area contributed by atoms with Gasteiger partial charge in [-0.25, -0.2) is 0 Å². The number of β-amino-alcohol motifs (C(OH)–C–C–N with tert-alkyl or cyclic N) is 2. The van der Waals surface area contributed by atoms with E-state index in [1.165, 1.54) is 11.1 Å². The number of aliphatic hydroxyl groups excluding tert-OH is 2. The Labute approximate surface area is 87.0 Å². The van der Waals surface area contributed by atoms with Crippen LogP contribution < -0.4 is 0 Å². The molecule has 5 heteroatoms. The average molecular weight is 208 g/mol. The first-order valence-corrected chi connectivity index (χ1v) is 4.74. The highest BCUT2D eigenvalue weighted by molar-refractivity contribution is 5.94. The summed E-state index contributed by atoms with van der Waals surface area (Å²) in [4.78, 5) is 17.1. The van der Waals surface area contributed by atoms with E-state index in [9.17, 15) is 15.0 Å². The van der Waals surface area contributed by atoms with Crippen LogP contribution in [0.5, 0.6) is 0 Å². The van der Waals surface area contributed by atoms with Gasteiger partial charge in [0.25, 0.3) is 5.91 Å². The van der Waals surface area contributed by atoms with Gasteiger partial charge in [-0.15, -0.1) is 0 Å². The molecule has 0 unspecified atom stereocenters. The SMILES string of the molecule is O=C(c1cccnc1)N1C[C@@H](O)[C@@H](O)C1. The van der Waals surface area contributed by atoms with Crippen LogP contribution in [0.2, 0.25) is 0 Å². The van der Waals surface area contributed by atoms with Crippen molar-refractivity contribution in [2.24, 2.45) is 0 Å². The lowest BCUT2D eigenvalue weighted by Crippen LogP contribution is -2.29. The van der Waals surface area contributed by atoms with Gasteiger partial charge < -0.3 is 15.1 Å². The molecule has 0 spiro atoms. The van der Waals surface area contributed by atoms with E-state index in [0.29, 0.717) is 5.56 Å². The van der Waals surface area contributed by atoms with Crippen LogP contribution in [0.25, 0.3) is 0 Å². The number of carbonyl (C=O) groups excluding carboxylic acids is 1. The zero-order valence-electron chi connectivity index (χ0n) is 8.08. The molecule has 1 aromatic heterocycles. The van der Waals surface area contributed by atoms with Gasteiger partial charge in [0.15, 0.2) is 0 Å². The monoisotopic (exact) mass is 208 g/mol. The molecular weight excluding hydrogens is 196 g/mol. The normalized spacial score (nSPS) is 25.6. The molecule has 0 aliphatic carbocycles. The third-order valence-corrected chi connectivity index (χ3v) is 2.45. The molecule has 2 atom stereocenters. The van der Waals surface area contributed by atoms with Crippen LogP contribution in [0, 0.1) is 0 Å². The van der Waals surface area contributed by atoms with Gasteiger partial charge in [0.05, 0.1) is 17.8 Å². The van der Waals surface area contributed by atoms with Crippen LogP contribution in [0.15, 0.2) is 24.5 Å².